The van der Waals surface area contributed by atoms with Crippen molar-refractivity contribution in [1.82, 2.24) is 4.67 Å². The molecule has 3 aromatic carbocycles. The minimum atomic E-state index is -3.34. The lowest BCUT2D eigenvalue weighted by Gasteiger charge is -2.50. The molecule has 0 amide bonds. The SMILES string of the molecule is CCCc1cc2c3c(c1)P(C)(=O)c1cc(CCC)cc4c1N3c1c(cc(CCC)cc1P4(=O)N(CC)CC)P2(C)=O. The van der Waals surface area contributed by atoms with E-state index in [9.17, 15) is 0 Å². The van der Waals surface area contributed by atoms with E-state index in [0.29, 0.717) is 13.1 Å². The minimum absolute atomic E-state index is 0.628. The second kappa shape index (κ2) is 10.1. The average Bonchev–Trinajstić information content (AvgIpc) is 2.93. The molecule has 2 atom stereocenters. The quantitative estimate of drug-likeness (QED) is 0.263. The van der Waals surface area contributed by atoms with Gasteiger partial charge in [-0.05, 0) is 85.7 Å². The molecule has 5 nitrogen and oxygen atoms in total. The van der Waals surface area contributed by atoms with Crippen molar-refractivity contribution in [2.24, 2.45) is 0 Å². The smallest absolute Gasteiger partial charge is 0.211 e. The highest BCUT2D eigenvalue weighted by atomic mass is 31.2. The summed E-state index contributed by atoms with van der Waals surface area (Å²) in [4.78, 5) is 2.24. The molecule has 3 aliphatic rings. The third-order valence-electron chi connectivity index (χ3n) is 9.30. The van der Waals surface area contributed by atoms with Crippen LogP contribution in [0, 0.1) is 0 Å². The number of nitrogens with zero attached hydrogens (tertiary/aromatic N) is 2. The van der Waals surface area contributed by atoms with Crippen LogP contribution in [0.5, 0.6) is 0 Å². The Morgan fingerprint density at radius 1 is 0.537 bits per heavy atom. The maximum absolute atomic E-state index is 16.0. The lowest BCUT2D eigenvalue weighted by molar-refractivity contribution is 0.458. The van der Waals surface area contributed by atoms with Crippen LogP contribution in [0.15, 0.2) is 36.4 Å². The van der Waals surface area contributed by atoms with Crippen molar-refractivity contribution in [3.63, 3.8) is 0 Å². The Kier molecular flexibility index (Phi) is 7.19. The van der Waals surface area contributed by atoms with Gasteiger partial charge in [0.1, 0.15) is 14.3 Å². The van der Waals surface area contributed by atoms with Gasteiger partial charge >= 0.3 is 0 Å². The number of anilines is 3. The Morgan fingerprint density at radius 3 is 1.12 bits per heavy atom. The van der Waals surface area contributed by atoms with Gasteiger partial charge in [0, 0.05) is 34.3 Å². The fourth-order valence-electron chi connectivity index (χ4n) is 7.38. The molecular weight excluding hydrogens is 565 g/mol. The third kappa shape index (κ3) is 3.88. The van der Waals surface area contributed by atoms with E-state index in [1.165, 1.54) is 0 Å². The highest BCUT2D eigenvalue weighted by molar-refractivity contribution is 7.82. The molecule has 8 heteroatoms. The summed E-state index contributed by atoms with van der Waals surface area (Å²) in [5.74, 6) is 0. The Hall–Kier alpha value is -1.89. The zero-order valence-electron chi connectivity index (χ0n) is 25.6. The van der Waals surface area contributed by atoms with Crippen LogP contribution >= 0.6 is 21.6 Å². The van der Waals surface area contributed by atoms with Crippen molar-refractivity contribution >= 4 is 70.5 Å². The lowest BCUT2D eigenvalue weighted by atomic mass is 10.0. The van der Waals surface area contributed by atoms with Gasteiger partial charge in [0.25, 0.3) is 0 Å². The highest BCUT2D eigenvalue weighted by Crippen LogP contribution is 2.65. The average molecular weight is 609 g/mol. The predicted molar refractivity (Wildman–Crippen MR) is 179 cm³/mol. The van der Waals surface area contributed by atoms with E-state index in [2.05, 4.69) is 80.6 Å². The van der Waals surface area contributed by atoms with Crippen LogP contribution in [-0.4, -0.2) is 31.1 Å². The van der Waals surface area contributed by atoms with E-state index in [4.69, 9.17) is 0 Å². The molecule has 0 aromatic heterocycles. The zero-order chi connectivity index (χ0) is 29.5. The number of hydrogen-bond acceptors (Lipinski definition) is 4. The molecule has 41 heavy (non-hydrogen) atoms. The Balaban J connectivity index is 1.86. The fourth-order valence-corrected chi connectivity index (χ4v) is 15.7. The van der Waals surface area contributed by atoms with Gasteiger partial charge in [-0.25, -0.2) is 4.67 Å². The van der Waals surface area contributed by atoms with Gasteiger partial charge in [-0.1, -0.05) is 53.9 Å². The summed E-state index contributed by atoms with van der Waals surface area (Å²) in [5.41, 5.74) is 5.74. The van der Waals surface area contributed by atoms with Crippen LogP contribution < -0.4 is 36.7 Å². The van der Waals surface area contributed by atoms with Gasteiger partial charge < -0.3 is 14.0 Å². The van der Waals surface area contributed by atoms with Crippen molar-refractivity contribution in [2.45, 2.75) is 73.1 Å². The number of benzene rings is 3. The summed E-state index contributed by atoms with van der Waals surface area (Å²) in [5, 5.41) is 4.83. The van der Waals surface area contributed by atoms with Crippen LogP contribution in [0.25, 0.3) is 0 Å². The normalized spacial score (nSPS) is 25.0. The zero-order valence-corrected chi connectivity index (χ0v) is 28.3. The Morgan fingerprint density at radius 2 is 0.829 bits per heavy atom. The molecule has 3 heterocycles. The molecule has 0 aliphatic carbocycles. The molecule has 0 spiro atoms. The summed E-state index contributed by atoms with van der Waals surface area (Å²) in [6, 6.07) is 12.8. The Bertz CT molecular complexity index is 1630. The topological polar surface area (TPSA) is 57.7 Å². The molecule has 3 aromatic rings. The summed E-state index contributed by atoms with van der Waals surface area (Å²) < 4.78 is 48.4. The van der Waals surface area contributed by atoms with Gasteiger partial charge in [-0.3, -0.25) is 4.57 Å². The van der Waals surface area contributed by atoms with Gasteiger partial charge in [0.2, 0.25) is 7.29 Å². The highest BCUT2D eigenvalue weighted by Gasteiger charge is 2.54. The van der Waals surface area contributed by atoms with Gasteiger partial charge in [0.05, 0.1) is 27.7 Å². The molecule has 218 valence electrons. The monoisotopic (exact) mass is 608 g/mol. The summed E-state index contributed by atoms with van der Waals surface area (Å²) in [7, 11) is -9.55. The molecule has 2 unspecified atom stereocenters. The summed E-state index contributed by atoms with van der Waals surface area (Å²) in [6.45, 7) is 15.6. The van der Waals surface area contributed by atoms with Crippen molar-refractivity contribution in [3.05, 3.63) is 53.1 Å². The first kappa shape index (κ1) is 29.2. The second-order valence-electron chi connectivity index (χ2n) is 12.1. The number of aryl methyl sites for hydroxylation is 3. The van der Waals surface area contributed by atoms with Crippen LogP contribution in [0.2, 0.25) is 0 Å². The van der Waals surface area contributed by atoms with Crippen LogP contribution in [-0.2, 0) is 33.0 Å². The largest absolute Gasteiger partial charge is 0.314 e. The molecule has 0 saturated carbocycles. The van der Waals surface area contributed by atoms with Gasteiger partial charge in [-0.15, -0.1) is 0 Å². The van der Waals surface area contributed by atoms with Crippen LogP contribution in [0.4, 0.5) is 17.1 Å². The standard InChI is InChI=1S/C33H43N2O3P3/c1-8-13-22-16-25-31-26(17-22)40(7,37)28-19-24(15-10-3)21-30-33(28)35(31)32-27(39(25,6)36)18-23(14-9-2)20-29(32)41(30,38)34(11-4)12-5/h16-21H,8-15H2,1-7H3. The summed E-state index contributed by atoms with van der Waals surface area (Å²) in [6.07, 6.45) is 5.38. The van der Waals surface area contributed by atoms with E-state index in [1.807, 2.05) is 13.3 Å². The minimum Gasteiger partial charge on any atom is -0.314 e. The molecule has 6 rings (SSSR count). The summed E-state index contributed by atoms with van der Waals surface area (Å²) >= 11 is 0. The molecular formula is C33H43N2O3P3. The van der Waals surface area contributed by atoms with Crippen LogP contribution in [0.3, 0.4) is 0 Å². The van der Waals surface area contributed by atoms with Crippen molar-refractivity contribution in [2.75, 3.05) is 31.3 Å². The van der Waals surface area contributed by atoms with Crippen LogP contribution in [0.1, 0.15) is 70.6 Å². The van der Waals surface area contributed by atoms with Crippen molar-refractivity contribution in [1.29, 1.82) is 0 Å². The molecule has 0 fully saturated rings. The second-order valence-corrected chi connectivity index (χ2v) is 20.4. The molecule has 0 N–H and O–H groups in total. The Labute approximate surface area is 245 Å². The lowest BCUT2D eigenvalue weighted by Crippen LogP contribution is -2.52. The molecule has 0 saturated heterocycles. The van der Waals surface area contributed by atoms with Crippen molar-refractivity contribution in [3.8, 4) is 0 Å². The third-order valence-corrected chi connectivity index (χ3v) is 17.7. The first-order valence-corrected chi connectivity index (χ1v) is 21.3. The van der Waals surface area contributed by atoms with E-state index < -0.39 is 21.6 Å². The first-order valence-electron chi connectivity index (χ1n) is 15.3. The van der Waals surface area contributed by atoms with Gasteiger partial charge in [-0.2, -0.15) is 0 Å². The first-order chi connectivity index (χ1) is 19.5. The maximum atomic E-state index is 16.0. The maximum Gasteiger partial charge on any atom is 0.211 e. The number of hydrogen-bond donors (Lipinski definition) is 0. The van der Waals surface area contributed by atoms with E-state index >= 15 is 13.7 Å². The number of rotatable bonds is 9. The predicted octanol–water partition coefficient (Wildman–Crippen LogP) is 6.41. The van der Waals surface area contributed by atoms with Crippen molar-refractivity contribution < 1.29 is 13.7 Å². The molecule has 0 radical (unpaired) electrons. The van der Waals surface area contributed by atoms with E-state index in [1.54, 1.807) is 0 Å². The fraction of sp³-hybridized carbons (Fsp3) is 0.455. The van der Waals surface area contributed by atoms with E-state index in [0.717, 1.165) is 104 Å². The van der Waals surface area contributed by atoms with E-state index in [-0.39, 0.29) is 0 Å². The van der Waals surface area contributed by atoms with Gasteiger partial charge in [0.15, 0.2) is 0 Å². The molecule has 3 aliphatic heterocycles. The molecule has 0 bridgehead atoms.